The van der Waals surface area contributed by atoms with Crippen LogP contribution in [0.15, 0.2) is 4.99 Å². The van der Waals surface area contributed by atoms with Gasteiger partial charge in [-0.3, -0.25) is 4.79 Å². The molecular formula is C8H13NO3. The molecule has 68 valence electrons. The van der Waals surface area contributed by atoms with Crippen LogP contribution < -0.4 is 0 Å². The van der Waals surface area contributed by atoms with Gasteiger partial charge >= 0.3 is 5.97 Å². The van der Waals surface area contributed by atoms with Crippen LogP contribution in [0.25, 0.3) is 0 Å². The highest BCUT2D eigenvalue weighted by Gasteiger charge is 1.99. The molecule has 0 N–H and O–H groups in total. The van der Waals surface area contributed by atoms with Gasteiger partial charge in [0, 0.05) is 0 Å². The molecule has 12 heavy (non-hydrogen) atoms. The van der Waals surface area contributed by atoms with Crippen LogP contribution >= 0.6 is 0 Å². The summed E-state index contributed by atoms with van der Waals surface area (Å²) < 4.78 is 4.80. The Morgan fingerprint density at radius 2 is 2.33 bits per heavy atom. The summed E-state index contributed by atoms with van der Waals surface area (Å²) in [5, 5.41) is 0. The van der Waals surface area contributed by atoms with Crippen LogP contribution in [0.3, 0.4) is 0 Å². The average molecular weight is 171 g/mol. The highest BCUT2D eigenvalue weighted by Crippen LogP contribution is 1.91. The molecule has 0 aliphatic heterocycles. The summed E-state index contributed by atoms with van der Waals surface area (Å²) >= 11 is 0. The normalized spacial score (nSPS) is 8.75. The molecule has 0 saturated carbocycles. The number of carbonyl (C=O) groups is 1. The van der Waals surface area contributed by atoms with Crippen LogP contribution in [0.4, 0.5) is 0 Å². The summed E-state index contributed by atoms with van der Waals surface area (Å²) in [4.78, 5) is 23.6. The first kappa shape index (κ1) is 10.8. The van der Waals surface area contributed by atoms with Crippen LogP contribution in [0.1, 0.15) is 26.2 Å². The molecule has 0 aliphatic rings. The van der Waals surface area contributed by atoms with E-state index in [1.165, 1.54) is 6.08 Å². The third kappa shape index (κ3) is 6.96. The predicted octanol–water partition coefficient (Wildman–Crippen LogP) is 1.06. The average Bonchev–Trinajstić information content (AvgIpc) is 2.06. The first-order valence-electron chi connectivity index (χ1n) is 4.00. The van der Waals surface area contributed by atoms with Crippen LogP contribution in [0.2, 0.25) is 0 Å². The molecule has 0 aromatic rings. The van der Waals surface area contributed by atoms with Crippen molar-refractivity contribution in [1.82, 2.24) is 0 Å². The SMILES string of the molecule is CCCCOC(=O)CCN=C=O. The largest absolute Gasteiger partial charge is 0.466 e. The molecule has 0 aliphatic carbocycles. The van der Waals surface area contributed by atoms with Crippen molar-refractivity contribution >= 4 is 12.0 Å². The number of aliphatic imine (C=N–C) groups is 1. The number of esters is 1. The van der Waals surface area contributed by atoms with Gasteiger partial charge in [0.1, 0.15) is 0 Å². The number of ether oxygens (including phenoxy) is 1. The number of unbranched alkanes of at least 4 members (excludes halogenated alkanes) is 1. The van der Waals surface area contributed by atoms with Gasteiger partial charge in [-0.1, -0.05) is 13.3 Å². The van der Waals surface area contributed by atoms with Crippen LogP contribution in [0, 0.1) is 0 Å². The van der Waals surface area contributed by atoms with Gasteiger partial charge in [0.15, 0.2) is 0 Å². The van der Waals surface area contributed by atoms with Crippen molar-refractivity contribution in [3.8, 4) is 0 Å². The summed E-state index contributed by atoms with van der Waals surface area (Å²) in [5.41, 5.74) is 0. The third-order valence-corrected chi connectivity index (χ3v) is 1.25. The second-order valence-corrected chi connectivity index (χ2v) is 2.30. The van der Waals surface area contributed by atoms with E-state index < -0.39 is 0 Å². The molecule has 0 saturated heterocycles. The lowest BCUT2D eigenvalue weighted by molar-refractivity contribution is -0.143. The van der Waals surface area contributed by atoms with E-state index in [0.29, 0.717) is 6.61 Å². The van der Waals surface area contributed by atoms with Gasteiger partial charge in [0.25, 0.3) is 0 Å². The molecule has 0 radical (unpaired) electrons. The molecule has 0 atom stereocenters. The molecule has 4 heteroatoms. The highest BCUT2D eigenvalue weighted by atomic mass is 16.5. The van der Waals surface area contributed by atoms with E-state index in [-0.39, 0.29) is 18.9 Å². The number of isocyanates is 1. The Bertz CT molecular complexity index is 173. The zero-order valence-electron chi connectivity index (χ0n) is 7.21. The quantitative estimate of drug-likeness (QED) is 0.260. The number of hydrogen-bond acceptors (Lipinski definition) is 4. The lowest BCUT2D eigenvalue weighted by Crippen LogP contribution is -2.06. The number of nitrogens with zero attached hydrogens (tertiary/aromatic N) is 1. The van der Waals surface area contributed by atoms with Crippen molar-refractivity contribution in [1.29, 1.82) is 0 Å². The molecular weight excluding hydrogens is 158 g/mol. The second-order valence-electron chi connectivity index (χ2n) is 2.30. The summed E-state index contributed by atoms with van der Waals surface area (Å²) in [7, 11) is 0. The molecule has 0 amide bonds. The van der Waals surface area contributed by atoms with E-state index in [4.69, 9.17) is 4.74 Å². The molecule has 0 heterocycles. The maximum atomic E-state index is 10.8. The fourth-order valence-corrected chi connectivity index (χ4v) is 0.595. The van der Waals surface area contributed by atoms with Crippen LogP contribution in [-0.4, -0.2) is 25.2 Å². The second kappa shape index (κ2) is 7.95. The van der Waals surface area contributed by atoms with Gasteiger partial charge in [-0.15, -0.1) is 0 Å². The summed E-state index contributed by atoms with van der Waals surface area (Å²) in [6.45, 7) is 2.65. The van der Waals surface area contributed by atoms with Crippen molar-refractivity contribution < 1.29 is 14.3 Å². The Kier molecular flexibility index (Phi) is 7.19. The molecule has 0 fully saturated rings. The Balaban J connectivity index is 3.27. The van der Waals surface area contributed by atoms with Gasteiger partial charge < -0.3 is 4.74 Å². The van der Waals surface area contributed by atoms with Gasteiger partial charge in [0.05, 0.1) is 19.6 Å². The van der Waals surface area contributed by atoms with E-state index in [2.05, 4.69) is 4.99 Å². The first-order chi connectivity index (χ1) is 5.81. The van der Waals surface area contributed by atoms with Gasteiger partial charge in [0.2, 0.25) is 6.08 Å². The predicted molar refractivity (Wildman–Crippen MR) is 43.5 cm³/mol. The maximum Gasteiger partial charge on any atom is 0.307 e. The van der Waals surface area contributed by atoms with Crippen LogP contribution in [-0.2, 0) is 14.3 Å². The molecule has 0 spiro atoms. The third-order valence-electron chi connectivity index (χ3n) is 1.25. The molecule has 0 aromatic carbocycles. The minimum absolute atomic E-state index is 0.166. The van der Waals surface area contributed by atoms with Gasteiger partial charge in [-0.25, -0.2) is 9.79 Å². The molecule has 0 aromatic heterocycles. The Morgan fingerprint density at radius 1 is 1.58 bits per heavy atom. The van der Waals surface area contributed by atoms with E-state index in [0.717, 1.165) is 12.8 Å². The van der Waals surface area contributed by atoms with E-state index in [1.807, 2.05) is 6.92 Å². The number of rotatable bonds is 6. The minimum atomic E-state index is -0.303. The lowest BCUT2D eigenvalue weighted by atomic mass is 10.3. The summed E-state index contributed by atoms with van der Waals surface area (Å²) in [5.74, 6) is -0.303. The summed E-state index contributed by atoms with van der Waals surface area (Å²) in [6, 6.07) is 0. The Morgan fingerprint density at radius 3 is 2.92 bits per heavy atom. The molecule has 0 unspecified atom stereocenters. The van der Waals surface area contributed by atoms with Crippen molar-refractivity contribution in [2.75, 3.05) is 13.2 Å². The van der Waals surface area contributed by atoms with Crippen molar-refractivity contribution in [2.24, 2.45) is 4.99 Å². The first-order valence-corrected chi connectivity index (χ1v) is 4.00. The van der Waals surface area contributed by atoms with E-state index in [1.54, 1.807) is 0 Å². The smallest absolute Gasteiger partial charge is 0.307 e. The zero-order chi connectivity index (χ0) is 9.23. The molecule has 0 rings (SSSR count). The highest BCUT2D eigenvalue weighted by molar-refractivity contribution is 5.69. The Labute approximate surface area is 71.6 Å². The van der Waals surface area contributed by atoms with Gasteiger partial charge in [-0.2, -0.15) is 0 Å². The fourth-order valence-electron chi connectivity index (χ4n) is 0.595. The maximum absolute atomic E-state index is 10.8. The van der Waals surface area contributed by atoms with E-state index >= 15 is 0 Å². The van der Waals surface area contributed by atoms with Gasteiger partial charge in [-0.05, 0) is 6.42 Å². The number of carbonyl (C=O) groups excluding carboxylic acids is 2. The summed E-state index contributed by atoms with van der Waals surface area (Å²) in [6.07, 6.45) is 3.40. The molecule has 0 bridgehead atoms. The zero-order valence-corrected chi connectivity index (χ0v) is 7.21. The Hall–Kier alpha value is -1.15. The minimum Gasteiger partial charge on any atom is -0.466 e. The fraction of sp³-hybridized carbons (Fsp3) is 0.750. The van der Waals surface area contributed by atoms with Crippen LogP contribution in [0.5, 0.6) is 0 Å². The number of hydrogen-bond donors (Lipinski definition) is 0. The standard InChI is InChI=1S/C8H13NO3/c1-2-3-6-12-8(11)4-5-9-7-10/h2-6H2,1H3. The molecule has 4 nitrogen and oxygen atoms in total. The lowest BCUT2D eigenvalue weighted by Gasteiger charge is -2.00. The topological polar surface area (TPSA) is 55.7 Å². The monoisotopic (exact) mass is 171 g/mol. The van der Waals surface area contributed by atoms with Crippen molar-refractivity contribution in [3.63, 3.8) is 0 Å². The van der Waals surface area contributed by atoms with E-state index in [9.17, 15) is 9.59 Å². The van der Waals surface area contributed by atoms with Crippen molar-refractivity contribution in [2.45, 2.75) is 26.2 Å². The van der Waals surface area contributed by atoms with Crippen molar-refractivity contribution in [3.05, 3.63) is 0 Å².